The number of benzene rings is 3. The number of methoxy groups -OCH3 is 2. The lowest BCUT2D eigenvalue weighted by Crippen LogP contribution is -2.44. The van der Waals surface area contributed by atoms with Gasteiger partial charge in [-0.3, -0.25) is 4.79 Å². The van der Waals surface area contributed by atoms with E-state index in [4.69, 9.17) is 30.5 Å². The van der Waals surface area contributed by atoms with E-state index in [0.717, 1.165) is 5.56 Å². The first-order valence-corrected chi connectivity index (χ1v) is 14.8. The molecule has 1 saturated heterocycles. The molecule has 1 aliphatic heterocycles. The van der Waals surface area contributed by atoms with Gasteiger partial charge in [0.15, 0.2) is 11.5 Å². The van der Waals surface area contributed by atoms with E-state index in [9.17, 15) is 13.2 Å². The van der Waals surface area contributed by atoms with Crippen LogP contribution in [0.1, 0.15) is 30.9 Å². The highest BCUT2D eigenvalue weighted by atomic mass is 35.5. The van der Waals surface area contributed by atoms with Crippen LogP contribution in [0.4, 0.5) is 0 Å². The van der Waals surface area contributed by atoms with Gasteiger partial charge in [-0.15, -0.1) is 0 Å². The molecule has 1 atom stereocenters. The summed E-state index contributed by atoms with van der Waals surface area (Å²) in [6.45, 7) is 2.74. The largest absolute Gasteiger partial charge is 0.497 e. The SMILES string of the molecule is CCOc1cc(/C=N\NC(=O)[C@@H]2CCCN2S(=O)(=O)c2ccc(Cl)cc2)ccc1OCc1cc(OC)ccc1OC. The maximum absolute atomic E-state index is 13.1. The fraction of sp³-hybridized carbons (Fsp3) is 0.310. The molecule has 1 aliphatic rings. The number of carbonyl (C=O) groups excluding carboxylic acids is 1. The van der Waals surface area contributed by atoms with E-state index in [1.807, 2.05) is 25.1 Å². The van der Waals surface area contributed by atoms with Gasteiger partial charge < -0.3 is 18.9 Å². The molecule has 0 radical (unpaired) electrons. The van der Waals surface area contributed by atoms with Crippen LogP contribution in [0.25, 0.3) is 0 Å². The van der Waals surface area contributed by atoms with Crippen molar-refractivity contribution in [2.75, 3.05) is 27.4 Å². The second-order valence-corrected chi connectivity index (χ2v) is 11.4. The van der Waals surface area contributed by atoms with E-state index in [0.29, 0.717) is 53.0 Å². The third-order valence-corrected chi connectivity index (χ3v) is 8.63. The first-order chi connectivity index (χ1) is 19.8. The van der Waals surface area contributed by atoms with Gasteiger partial charge >= 0.3 is 0 Å². The van der Waals surface area contributed by atoms with Gasteiger partial charge in [0.05, 0.1) is 31.9 Å². The number of nitrogens with one attached hydrogen (secondary N) is 1. The molecular formula is C29H32ClN3O7S. The summed E-state index contributed by atoms with van der Waals surface area (Å²) in [4.78, 5) is 13.0. The number of hydrogen-bond donors (Lipinski definition) is 1. The maximum Gasteiger partial charge on any atom is 0.258 e. The predicted octanol–water partition coefficient (Wildman–Crippen LogP) is 4.64. The standard InChI is InChI=1S/C29H32ClN3O7S/c1-4-39-28-16-20(7-13-27(28)40-19-21-17-23(37-2)10-14-26(21)38-3)18-31-32-29(34)25-6-5-15-33(25)41(35,36)24-11-8-22(30)9-12-24/h7-14,16-18,25H,4-6,15,19H2,1-3H3,(H,32,34)/b31-18-/t25-/m0/s1. The van der Waals surface area contributed by atoms with Crippen LogP contribution in [0, 0.1) is 0 Å². The number of nitrogens with zero attached hydrogens (tertiary/aromatic N) is 2. The zero-order valence-corrected chi connectivity index (χ0v) is 24.6. The number of rotatable bonds is 12. The van der Waals surface area contributed by atoms with Crippen LogP contribution in [0.3, 0.4) is 0 Å². The molecule has 1 amide bonds. The fourth-order valence-electron chi connectivity index (χ4n) is 4.42. The Bertz CT molecular complexity index is 1500. The summed E-state index contributed by atoms with van der Waals surface area (Å²) in [5, 5.41) is 4.49. The van der Waals surface area contributed by atoms with Crippen molar-refractivity contribution >= 4 is 33.7 Å². The Morgan fingerprint density at radius 1 is 1.02 bits per heavy atom. The number of ether oxygens (including phenoxy) is 4. The van der Waals surface area contributed by atoms with E-state index in [-0.39, 0.29) is 18.0 Å². The Morgan fingerprint density at radius 2 is 1.78 bits per heavy atom. The first-order valence-electron chi connectivity index (χ1n) is 13.0. The van der Waals surface area contributed by atoms with Gasteiger partial charge in [0, 0.05) is 17.1 Å². The van der Waals surface area contributed by atoms with Crippen LogP contribution in [-0.4, -0.2) is 58.3 Å². The van der Waals surface area contributed by atoms with E-state index in [2.05, 4.69) is 10.5 Å². The third-order valence-electron chi connectivity index (χ3n) is 6.45. The lowest BCUT2D eigenvalue weighted by atomic mass is 10.2. The molecule has 218 valence electrons. The monoisotopic (exact) mass is 601 g/mol. The van der Waals surface area contributed by atoms with E-state index in [1.54, 1.807) is 32.4 Å². The highest BCUT2D eigenvalue weighted by Crippen LogP contribution is 2.31. The summed E-state index contributed by atoms with van der Waals surface area (Å²) in [5.41, 5.74) is 3.93. The molecule has 1 fully saturated rings. The van der Waals surface area contributed by atoms with Gasteiger partial charge in [-0.05, 0) is 86.0 Å². The molecule has 0 saturated carbocycles. The van der Waals surface area contributed by atoms with Crippen molar-refractivity contribution in [2.45, 2.75) is 37.3 Å². The Morgan fingerprint density at radius 3 is 2.49 bits per heavy atom. The van der Waals surface area contributed by atoms with Crippen molar-refractivity contribution in [3.05, 3.63) is 76.8 Å². The fourth-order valence-corrected chi connectivity index (χ4v) is 6.20. The molecule has 3 aromatic rings. The van der Waals surface area contributed by atoms with E-state index in [1.165, 1.54) is 34.8 Å². The molecule has 0 unspecified atom stereocenters. The summed E-state index contributed by atoms with van der Waals surface area (Å²) in [5.74, 6) is 1.87. The minimum atomic E-state index is -3.86. The van der Waals surface area contributed by atoms with Crippen molar-refractivity contribution < 1.29 is 32.2 Å². The Balaban J connectivity index is 1.42. The normalized spacial score (nSPS) is 15.6. The topological polar surface area (TPSA) is 116 Å². The molecule has 3 aromatic carbocycles. The number of hydrazone groups is 1. The Kier molecular flexibility index (Phi) is 10.1. The van der Waals surface area contributed by atoms with Crippen LogP contribution in [0.15, 0.2) is 70.7 Å². The van der Waals surface area contributed by atoms with Crippen molar-refractivity contribution in [1.29, 1.82) is 0 Å². The van der Waals surface area contributed by atoms with Gasteiger partial charge in [0.2, 0.25) is 10.0 Å². The smallest absolute Gasteiger partial charge is 0.258 e. The molecule has 0 spiro atoms. The summed E-state index contributed by atoms with van der Waals surface area (Å²) < 4.78 is 50.0. The van der Waals surface area contributed by atoms with Gasteiger partial charge in [-0.1, -0.05) is 11.6 Å². The van der Waals surface area contributed by atoms with Gasteiger partial charge in [0.1, 0.15) is 24.1 Å². The molecule has 4 rings (SSSR count). The molecule has 0 aliphatic carbocycles. The predicted molar refractivity (Wildman–Crippen MR) is 156 cm³/mol. The first kappa shape index (κ1) is 30.2. The molecule has 0 bridgehead atoms. The molecule has 12 heteroatoms. The number of carbonyl (C=O) groups is 1. The average molecular weight is 602 g/mol. The van der Waals surface area contributed by atoms with Crippen LogP contribution in [-0.2, 0) is 21.4 Å². The Labute approximate surface area is 244 Å². The van der Waals surface area contributed by atoms with Crippen LogP contribution < -0.4 is 24.4 Å². The molecule has 1 heterocycles. The zero-order valence-electron chi connectivity index (χ0n) is 23.0. The summed E-state index contributed by atoms with van der Waals surface area (Å²) >= 11 is 5.89. The quantitative estimate of drug-likeness (QED) is 0.237. The molecule has 10 nitrogen and oxygen atoms in total. The second-order valence-electron chi connectivity index (χ2n) is 9.07. The zero-order chi connectivity index (χ0) is 29.4. The minimum Gasteiger partial charge on any atom is -0.497 e. The molecule has 1 N–H and O–H groups in total. The highest BCUT2D eigenvalue weighted by molar-refractivity contribution is 7.89. The van der Waals surface area contributed by atoms with E-state index < -0.39 is 22.0 Å². The number of halogens is 1. The second kappa shape index (κ2) is 13.7. The van der Waals surface area contributed by atoms with Gasteiger partial charge in [0.25, 0.3) is 5.91 Å². The maximum atomic E-state index is 13.1. The Hall–Kier alpha value is -3.80. The van der Waals surface area contributed by atoms with Gasteiger partial charge in [-0.25, -0.2) is 13.8 Å². The van der Waals surface area contributed by atoms with Crippen molar-refractivity contribution in [2.24, 2.45) is 5.10 Å². The molecule has 41 heavy (non-hydrogen) atoms. The number of amides is 1. The lowest BCUT2D eigenvalue weighted by molar-refractivity contribution is -0.124. The van der Waals surface area contributed by atoms with Crippen molar-refractivity contribution in [1.82, 2.24) is 9.73 Å². The summed E-state index contributed by atoms with van der Waals surface area (Å²) in [6.07, 6.45) is 2.42. The molecule has 0 aromatic heterocycles. The van der Waals surface area contributed by atoms with Crippen LogP contribution >= 0.6 is 11.6 Å². The minimum absolute atomic E-state index is 0.0840. The number of sulfonamides is 1. The van der Waals surface area contributed by atoms with Gasteiger partial charge in [-0.2, -0.15) is 9.41 Å². The molecular weight excluding hydrogens is 570 g/mol. The lowest BCUT2D eigenvalue weighted by Gasteiger charge is -2.22. The highest BCUT2D eigenvalue weighted by Gasteiger charge is 2.39. The van der Waals surface area contributed by atoms with Crippen LogP contribution in [0.5, 0.6) is 23.0 Å². The summed E-state index contributed by atoms with van der Waals surface area (Å²) in [7, 11) is -0.678. The van der Waals surface area contributed by atoms with Crippen LogP contribution in [0.2, 0.25) is 5.02 Å². The van der Waals surface area contributed by atoms with Crippen molar-refractivity contribution in [3.8, 4) is 23.0 Å². The average Bonchev–Trinajstić information content (AvgIpc) is 3.48. The van der Waals surface area contributed by atoms with Crippen molar-refractivity contribution in [3.63, 3.8) is 0 Å². The summed E-state index contributed by atoms with van der Waals surface area (Å²) in [6, 6.07) is 15.7. The number of hydrogen-bond acceptors (Lipinski definition) is 8. The van der Waals surface area contributed by atoms with E-state index >= 15 is 0 Å². The third kappa shape index (κ3) is 7.29.